The zero-order valence-corrected chi connectivity index (χ0v) is 14.4. The van der Waals surface area contributed by atoms with Crippen molar-refractivity contribution in [1.82, 2.24) is 15.2 Å². The Balaban J connectivity index is 1.57. The third-order valence-electron chi connectivity index (χ3n) is 4.40. The highest BCUT2D eigenvalue weighted by atomic mass is 16.5. The lowest BCUT2D eigenvalue weighted by Gasteiger charge is -2.33. The van der Waals surface area contributed by atoms with Crippen molar-refractivity contribution < 1.29 is 24.2 Å². The van der Waals surface area contributed by atoms with Gasteiger partial charge in [-0.15, -0.1) is 0 Å². The van der Waals surface area contributed by atoms with Gasteiger partial charge in [-0.2, -0.15) is 0 Å². The zero-order valence-electron chi connectivity index (χ0n) is 14.4. The summed E-state index contributed by atoms with van der Waals surface area (Å²) in [5.74, 6) is -0.347. The number of carbonyl (C=O) groups excluding carboxylic acids is 2. The van der Waals surface area contributed by atoms with Gasteiger partial charge in [0.15, 0.2) is 0 Å². The number of hydrogen-bond acceptors (Lipinski definition) is 6. The average molecular weight is 361 g/mol. The molecule has 140 valence electrons. The summed E-state index contributed by atoms with van der Waals surface area (Å²) in [5.41, 5.74) is 0.294. The summed E-state index contributed by atoms with van der Waals surface area (Å²) in [6, 6.07) is 4.59. The van der Waals surface area contributed by atoms with Gasteiger partial charge in [-0.1, -0.05) is 18.2 Å². The minimum Gasteiger partial charge on any atom is -0.394 e. The Bertz CT molecular complexity index is 645. The Labute approximate surface area is 151 Å². The summed E-state index contributed by atoms with van der Waals surface area (Å²) in [6.45, 7) is 2.00. The first-order valence-electron chi connectivity index (χ1n) is 8.69. The van der Waals surface area contributed by atoms with Gasteiger partial charge >= 0.3 is 0 Å². The molecule has 0 bridgehead atoms. The molecule has 0 radical (unpaired) electrons. The average Bonchev–Trinajstić information content (AvgIpc) is 2.70. The number of nitrogens with one attached hydrogen (secondary N) is 1. The monoisotopic (exact) mass is 361 g/mol. The SMILES string of the molecule is O=C(N[C@@H]1C=C[C@H](CC(=O)N2CCOCC2)O[C@@H]1CO)c1ccccn1. The fraction of sp³-hybridized carbons (Fsp3) is 0.500. The van der Waals surface area contributed by atoms with E-state index in [1.54, 1.807) is 41.4 Å². The van der Waals surface area contributed by atoms with Gasteiger partial charge < -0.3 is 24.8 Å². The van der Waals surface area contributed by atoms with Crippen LogP contribution in [0.25, 0.3) is 0 Å². The van der Waals surface area contributed by atoms with Crippen LogP contribution in [0.2, 0.25) is 0 Å². The molecule has 8 heteroatoms. The molecule has 0 aliphatic carbocycles. The molecule has 0 unspecified atom stereocenters. The van der Waals surface area contributed by atoms with Crippen LogP contribution < -0.4 is 5.32 Å². The lowest BCUT2D eigenvalue weighted by molar-refractivity contribution is -0.139. The van der Waals surface area contributed by atoms with Crippen molar-refractivity contribution in [3.63, 3.8) is 0 Å². The number of aromatic nitrogens is 1. The van der Waals surface area contributed by atoms with Gasteiger partial charge in [-0.05, 0) is 12.1 Å². The van der Waals surface area contributed by atoms with Crippen LogP contribution in [-0.2, 0) is 14.3 Å². The second-order valence-corrected chi connectivity index (χ2v) is 6.19. The highest BCUT2D eigenvalue weighted by molar-refractivity contribution is 5.92. The molecule has 26 heavy (non-hydrogen) atoms. The van der Waals surface area contributed by atoms with Crippen LogP contribution in [0, 0.1) is 0 Å². The second kappa shape index (κ2) is 8.88. The largest absolute Gasteiger partial charge is 0.394 e. The molecule has 3 atom stereocenters. The molecule has 0 aromatic carbocycles. The molecule has 3 rings (SSSR count). The molecule has 2 aliphatic heterocycles. The van der Waals surface area contributed by atoms with Crippen molar-refractivity contribution in [2.24, 2.45) is 0 Å². The van der Waals surface area contributed by atoms with Crippen molar-refractivity contribution >= 4 is 11.8 Å². The molecule has 2 amide bonds. The number of nitrogens with zero attached hydrogens (tertiary/aromatic N) is 2. The Morgan fingerprint density at radius 3 is 2.77 bits per heavy atom. The minimum atomic E-state index is -0.616. The summed E-state index contributed by atoms with van der Waals surface area (Å²) < 4.78 is 11.0. The standard InChI is InChI=1S/C18H23N3O5/c22-12-16-14(20-18(24)15-3-1-2-6-19-15)5-4-13(26-16)11-17(23)21-7-9-25-10-8-21/h1-6,13-14,16,22H,7-12H2,(H,20,24)/t13-,14-,16-/m1/s1. The predicted molar refractivity (Wildman–Crippen MR) is 92.4 cm³/mol. The van der Waals surface area contributed by atoms with Crippen LogP contribution in [0.15, 0.2) is 36.5 Å². The first kappa shape index (κ1) is 18.5. The van der Waals surface area contributed by atoms with Crippen LogP contribution in [-0.4, -0.2) is 78.0 Å². The van der Waals surface area contributed by atoms with Gasteiger partial charge in [0, 0.05) is 19.3 Å². The molecule has 0 saturated carbocycles. The van der Waals surface area contributed by atoms with E-state index in [0.29, 0.717) is 32.0 Å². The van der Waals surface area contributed by atoms with E-state index in [1.807, 2.05) is 0 Å². The number of hydrogen-bond donors (Lipinski definition) is 2. The van der Waals surface area contributed by atoms with E-state index in [1.165, 1.54) is 0 Å². The van der Waals surface area contributed by atoms with E-state index >= 15 is 0 Å². The lowest BCUT2D eigenvalue weighted by atomic mass is 10.0. The van der Waals surface area contributed by atoms with Crippen LogP contribution in [0.4, 0.5) is 0 Å². The molecular weight excluding hydrogens is 338 g/mol. The topological polar surface area (TPSA) is 101 Å². The van der Waals surface area contributed by atoms with Gasteiger partial charge in [-0.25, -0.2) is 0 Å². The Morgan fingerprint density at radius 2 is 2.08 bits per heavy atom. The van der Waals surface area contributed by atoms with E-state index in [9.17, 15) is 14.7 Å². The van der Waals surface area contributed by atoms with E-state index < -0.39 is 18.2 Å². The van der Waals surface area contributed by atoms with Gasteiger partial charge in [-0.3, -0.25) is 14.6 Å². The highest BCUT2D eigenvalue weighted by Crippen LogP contribution is 2.17. The first-order valence-corrected chi connectivity index (χ1v) is 8.69. The number of carbonyl (C=O) groups is 2. The van der Waals surface area contributed by atoms with Crippen molar-refractivity contribution in [2.45, 2.75) is 24.7 Å². The van der Waals surface area contributed by atoms with Gasteiger partial charge in [0.25, 0.3) is 5.91 Å². The second-order valence-electron chi connectivity index (χ2n) is 6.19. The molecule has 1 aromatic rings. The number of morpholine rings is 1. The van der Waals surface area contributed by atoms with Crippen molar-refractivity contribution in [2.75, 3.05) is 32.9 Å². The van der Waals surface area contributed by atoms with Crippen molar-refractivity contribution in [3.05, 3.63) is 42.2 Å². The molecule has 3 heterocycles. The maximum absolute atomic E-state index is 12.3. The molecule has 2 N–H and O–H groups in total. The van der Waals surface area contributed by atoms with Crippen LogP contribution in [0.5, 0.6) is 0 Å². The number of aliphatic hydroxyl groups is 1. The maximum Gasteiger partial charge on any atom is 0.270 e. The number of amides is 2. The summed E-state index contributed by atoms with van der Waals surface area (Å²) >= 11 is 0. The third kappa shape index (κ3) is 4.66. The Hall–Kier alpha value is -2.29. The molecule has 8 nitrogen and oxygen atoms in total. The molecule has 1 fully saturated rings. The summed E-state index contributed by atoms with van der Waals surface area (Å²) in [4.78, 5) is 30.3. The third-order valence-corrected chi connectivity index (χ3v) is 4.40. The first-order chi connectivity index (χ1) is 12.7. The normalized spacial score (nSPS) is 25.7. The number of ether oxygens (including phenoxy) is 2. The molecule has 0 spiro atoms. The highest BCUT2D eigenvalue weighted by Gasteiger charge is 2.30. The van der Waals surface area contributed by atoms with Crippen molar-refractivity contribution in [3.8, 4) is 0 Å². The quantitative estimate of drug-likeness (QED) is 0.701. The smallest absolute Gasteiger partial charge is 0.270 e. The fourth-order valence-corrected chi connectivity index (χ4v) is 2.97. The zero-order chi connectivity index (χ0) is 18.4. The van der Waals surface area contributed by atoms with Crippen LogP contribution in [0.1, 0.15) is 16.9 Å². The van der Waals surface area contributed by atoms with Gasteiger partial charge in [0.2, 0.25) is 5.91 Å². The van der Waals surface area contributed by atoms with Crippen LogP contribution in [0.3, 0.4) is 0 Å². The molecule has 1 saturated heterocycles. The van der Waals surface area contributed by atoms with Gasteiger partial charge in [0.05, 0.1) is 38.4 Å². The van der Waals surface area contributed by atoms with E-state index in [2.05, 4.69) is 10.3 Å². The molecule has 1 aromatic heterocycles. The Morgan fingerprint density at radius 1 is 1.27 bits per heavy atom. The van der Waals surface area contributed by atoms with E-state index in [-0.39, 0.29) is 24.8 Å². The summed E-state index contributed by atoms with van der Waals surface area (Å²) in [6.07, 6.45) is 4.23. The van der Waals surface area contributed by atoms with Crippen molar-refractivity contribution in [1.29, 1.82) is 0 Å². The summed E-state index contributed by atoms with van der Waals surface area (Å²) in [5, 5.41) is 12.4. The lowest BCUT2D eigenvalue weighted by Crippen LogP contribution is -2.49. The maximum atomic E-state index is 12.3. The van der Waals surface area contributed by atoms with Gasteiger partial charge in [0.1, 0.15) is 11.8 Å². The predicted octanol–water partition coefficient (Wildman–Crippen LogP) is -0.255. The number of aliphatic hydroxyl groups excluding tert-OH is 1. The fourth-order valence-electron chi connectivity index (χ4n) is 2.97. The molecule has 2 aliphatic rings. The van der Waals surface area contributed by atoms with Crippen LogP contribution >= 0.6 is 0 Å². The summed E-state index contributed by atoms with van der Waals surface area (Å²) in [7, 11) is 0. The minimum absolute atomic E-state index is 0.00406. The molecular formula is C18H23N3O5. The number of rotatable bonds is 5. The number of pyridine rings is 1. The Kier molecular flexibility index (Phi) is 6.32. The van der Waals surface area contributed by atoms with E-state index in [0.717, 1.165) is 0 Å². The van der Waals surface area contributed by atoms with E-state index in [4.69, 9.17) is 9.47 Å².